The molecule has 0 saturated carbocycles. The van der Waals surface area contributed by atoms with Crippen LogP contribution in [0.1, 0.15) is 58.2 Å². The molecule has 37 heavy (non-hydrogen) atoms. The lowest BCUT2D eigenvalue weighted by molar-refractivity contribution is -0.137. The third-order valence-corrected chi connectivity index (χ3v) is 7.54. The van der Waals surface area contributed by atoms with Crippen LogP contribution in [-0.4, -0.2) is 30.5 Å². The number of amides is 1. The Hall–Kier alpha value is -3.24. The molecule has 0 bridgehead atoms. The quantitative estimate of drug-likeness (QED) is 0.456. The van der Waals surface area contributed by atoms with Gasteiger partial charge >= 0.3 is 6.18 Å². The maximum atomic E-state index is 12.9. The van der Waals surface area contributed by atoms with Gasteiger partial charge in [-0.2, -0.15) is 13.2 Å². The number of halogens is 3. The van der Waals surface area contributed by atoms with Crippen molar-refractivity contribution in [3.63, 3.8) is 0 Å². The van der Waals surface area contributed by atoms with Gasteiger partial charge in [0, 0.05) is 32.1 Å². The lowest BCUT2D eigenvalue weighted by Gasteiger charge is -2.27. The van der Waals surface area contributed by atoms with Crippen LogP contribution in [-0.2, 0) is 35.6 Å². The summed E-state index contributed by atoms with van der Waals surface area (Å²) in [6.45, 7) is 5.35. The summed E-state index contributed by atoms with van der Waals surface area (Å²) in [6.07, 6.45) is -1.69. The minimum Gasteiger partial charge on any atom is -0.348 e. The average molecular weight is 532 g/mol. The molecule has 0 spiro atoms. The van der Waals surface area contributed by atoms with Crippen molar-refractivity contribution in [3.8, 4) is 0 Å². The van der Waals surface area contributed by atoms with E-state index in [1.165, 1.54) is 30.5 Å². The van der Waals surface area contributed by atoms with Gasteiger partial charge in [0.2, 0.25) is 0 Å². The van der Waals surface area contributed by atoms with Gasteiger partial charge in [0.05, 0.1) is 27.8 Å². The highest BCUT2D eigenvalue weighted by Crippen LogP contribution is 2.39. The summed E-state index contributed by atoms with van der Waals surface area (Å²) >= 11 is 0. The molecular formula is C27H28F3N3O3S. The highest BCUT2D eigenvalue weighted by Gasteiger charge is 2.35. The monoisotopic (exact) mass is 531 g/mol. The van der Waals surface area contributed by atoms with Crippen molar-refractivity contribution in [1.29, 1.82) is 0 Å². The van der Waals surface area contributed by atoms with Gasteiger partial charge in [-0.05, 0) is 52.9 Å². The molecule has 1 N–H and O–H groups in total. The van der Waals surface area contributed by atoms with Crippen LogP contribution < -0.4 is 5.32 Å². The molecule has 4 rings (SSSR count). The molecule has 0 radical (unpaired) electrons. The Morgan fingerprint density at radius 3 is 2.27 bits per heavy atom. The molecule has 0 fully saturated rings. The number of nitrogens with zero attached hydrogens (tertiary/aromatic N) is 2. The van der Waals surface area contributed by atoms with Crippen molar-refractivity contribution in [3.05, 3.63) is 94.3 Å². The average Bonchev–Trinajstić information content (AvgIpc) is 3.19. The minimum absolute atomic E-state index is 0.0252. The molecule has 0 unspecified atom stereocenters. The number of sulfone groups is 1. The highest BCUT2D eigenvalue weighted by molar-refractivity contribution is 7.90. The number of hydrogen-bond donors (Lipinski definition) is 1. The Labute approximate surface area is 214 Å². The van der Waals surface area contributed by atoms with Crippen molar-refractivity contribution in [2.75, 3.05) is 6.26 Å². The summed E-state index contributed by atoms with van der Waals surface area (Å²) in [5.74, 6) is -0.0949. The predicted molar refractivity (Wildman–Crippen MR) is 133 cm³/mol. The zero-order valence-corrected chi connectivity index (χ0v) is 21.5. The maximum absolute atomic E-state index is 12.9. The number of pyridine rings is 1. The van der Waals surface area contributed by atoms with E-state index in [4.69, 9.17) is 0 Å². The van der Waals surface area contributed by atoms with Crippen molar-refractivity contribution in [2.45, 2.75) is 50.6 Å². The molecule has 2 heterocycles. The van der Waals surface area contributed by atoms with E-state index in [2.05, 4.69) is 29.0 Å². The first-order valence-corrected chi connectivity index (χ1v) is 13.7. The number of hydrogen-bond acceptors (Lipinski definition) is 5. The van der Waals surface area contributed by atoms with Crippen LogP contribution in [0.25, 0.3) is 0 Å². The van der Waals surface area contributed by atoms with Crippen molar-refractivity contribution >= 4 is 15.7 Å². The van der Waals surface area contributed by atoms with Crippen LogP contribution in [0, 0.1) is 5.92 Å². The van der Waals surface area contributed by atoms with Crippen LogP contribution in [0.4, 0.5) is 13.2 Å². The number of rotatable bonds is 7. The Kier molecular flexibility index (Phi) is 7.43. The van der Waals surface area contributed by atoms with Gasteiger partial charge in [-0.25, -0.2) is 8.42 Å². The van der Waals surface area contributed by atoms with E-state index in [-0.39, 0.29) is 29.3 Å². The smallest absolute Gasteiger partial charge is 0.348 e. The van der Waals surface area contributed by atoms with Crippen LogP contribution in [0.5, 0.6) is 0 Å². The Morgan fingerprint density at radius 2 is 1.70 bits per heavy atom. The Bertz CT molecular complexity index is 1390. The Morgan fingerprint density at radius 1 is 1.08 bits per heavy atom. The van der Waals surface area contributed by atoms with E-state index in [0.717, 1.165) is 40.8 Å². The molecule has 1 atom stereocenters. The van der Waals surface area contributed by atoms with E-state index in [9.17, 15) is 26.4 Å². The number of benzene rings is 2. The summed E-state index contributed by atoms with van der Waals surface area (Å²) in [4.78, 5) is 19.8. The van der Waals surface area contributed by atoms with Gasteiger partial charge in [0.15, 0.2) is 9.84 Å². The second kappa shape index (κ2) is 10.3. The van der Waals surface area contributed by atoms with Gasteiger partial charge in [-0.15, -0.1) is 0 Å². The van der Waals surface area contributed by atoms with Crippen LogP contribution in [0.2, 0.25) is 0 Å². The van der Waals surface area contributed by atoms with E-state index in [1.807, 2.05) is 6.07 Å². The molecule has 0 saturated heterocycles. The second-order valence-corrected chi connectivity index (χ2v) is 11.7. The zero-order chi connectivity index (χ0) is 27.0. The van der Waals surface area contributed by atoms with Crippen molar-refractivity contribution < 1.29 is 26.4 Å². The van der Waals surface area contributed by atoms with Crippen molar-refractivity contribution in [1.82, 2.24) is 15.2 Å². The molecule has 1 amide bonds. The first-order chi connectivity index (χ1) is 17.3. The topological polar surface area (TPSA) is 79.4 Å². The first kappa shape index (κ1) is 26.8. The molecule has 1 aliphatic heterocycles. The molecule has 0 aliphatic carbocycles. The summed E-state index contributed by atoms with van der Waals surface area (Å²) < 4.78 is 61.9. The standard InChI is InChI=1S/C27H28F3N3O3S/c1-17(2)25-24-21(16-33(25)15-19-4-8-22(9-5-19)27(28,29)30)12-20(14-31-24)26(34)32-13-18-6-10-23(11-7-18)37(3,35)36/h4-12,14,17,25H,13,15-16H2,1-3H3,(H,32,34)/t25-/m0/s1. The number of aromatic nitrogens is 1. The van der Waals surface area contributed by atoms with E-state index in [1.54, 1.807) is 12.1 Å². The first-order valence-electron chi connectivity index (χ1n) is 11.8. The molecule has 3 aromatic rings. The van der Waals surface area contributed by atoms with Crippen LogP contribution in [0.3, 0.4) is 0 Å². The number of carbonyl (C=O) groups excluding carboxylic acids is 1. The number of carbonyl (C=O) groups is 1. The molecule has 1 aromatic heterocycles. The summed E-state index contributed by atoms with van der Waals surface area (Å²) in [7, 11) is -3.29. The lowest BCUT2D eigenvalue weighted by Crippen LogP contribution is -2.25. The van der Waals surface area contributed by atoms with E-state index >= 15 is 0 Å². The third kappa shape index (κ3) is 6.19. The summed E-state index contributed by atoms with van der Waals surface area (Å²) in [5.41, 5.74) is 3.05. The molecule has 196 valence electrons. The largest absolute Gasteiger partial charge is 0.416 e. The fourth-order valence-electron chi connectivity index (χ4n) is 4.59. The summed E-state index contributed by atoms with van der Waals surface area (Å²) in [5, 5.41) is 2.83. The molecule has 1 aliphatic rings. The van der Waals surface area contributed by atoms with E-state index in [0.29, 0.717) is 18.7 Å². The number of nitrogens with one attached hydrogen (secondary N) is 1. The predicted octanol–water partition coefficient (Wildman–Crippen LogP) is 5.15. The van der Waals surface area contributed by atoms with Gasteiger partial charge in [0.25, 0.3) is 5.91 Å². The number of alkyl halides is 3. The van der Waals surface area contributed by atoms with E-state index < -0.39 is 21.6 Å². The van der Waals surface area contributed by atoms with Gasteiger partial charge in [-0.3, -0.25) is 14.7 Å². The normalized spacial score (nSPS) is 16.1. The maximum Gasteiger partial charge on any atom is 0.416 e. The fourth-order valence-corrected chi connectivity index (χ4v) is 5.22. The molecule has 6 nitrogen and oxygen atoms in total. The number of fused-ring (bicyclic) bond motifs is 1. The van der Waals surface area contributed by atoms with Gasteiger partial charge in [0.1, 0.15) is 0 Å². The SMILES string of the molecule is CC(C)[C@H]1c2ncc(C(=O)NCc3ccc(S(C)(=O)=O)cc3)cc2CN1Cc1ccc(C(F)(F)F)cc1. The second-order valence-electron chi connectivity index (χ2n) is 9.66. The highest BCUT2D eigenvalue weighted by atomic mass is 32.2. The fraction of sp³-hybridized carbons (Fsp3) is 0.333. The summed E-state index contributed by atoms with van der Waals surface area (Å²) in [6, 6.07) is 13.3. The molecule has 10 heteroatoms. The van der Waals surface area contributed by atoms with Crippen molar-refractivity contribution in [2.24, 2.45) is 5.92 Å². The third-order valence-electron chi connectivity index (χ3n) is 6.41. The van der Waals surface area contributed by atoms with Gasteiger partial charge < -0.3 is 5.32 Å². The zero-order valence-electron chi connectivity index (χ0n) is 20.7. The lowest BCUT2D eigenvalue weighted by atomic mass is 9.99. The van der Waals surface area contributed by atoms with Gasteiger partial charge in [-0.1, -0.05) is 38.1 Å². The molecule has 2 aromatic carbocycles. The minimum atomic E-state index is -4.37. The van der Waals surface area contributed by atoms with Crippen LogP contribution >= 0.6 is 0 Å². The van der Waals surface area contributed by atoms with Crippen LogP contribution in [0.15, 0.2) is 65.7 Å². The Balaban J connectivity index is 1.45. The molecular weight excluding hydrogens is 503 g/mol.